The van der Waals surface area contributed by atoms with E-state index in [4.69, 9.17) is 5.73 Å². The first-order valence-electron chi connectivity index (χ1n) is 6.36. The van der Waals surface area contributed by atoms with E-state index in [0.29, 0.717) is 24.6 Å². The smallest absolute Gasteiger partial charge is 0.227 e. The van der Waals surface area contributed by atoms with Crippen LogP contribution >= 0.6 is 0 Å². The number of carbonyl (C=O) groups is 1. The molecular weight excluding hydrogens is 212 g/mol. The summed E-state index contributed by atoms with van der Waals surface area (Å²) >= 11 is 0. The molecule has 1 amide bonds. The fourth-order valence-corrected chi connectivity index (χ4v) is 2.25. The number of nitrogens with two attached hydrogens (primary N) is 1. The Morgan fingerprint density at radius 1 is 1.47 bits per heavy atom. The Morgan fingerprint density at radius 2 is 2.24 bits per heavy atom. The maximum atomic E-state index is 12.2. The third kappa shape index (κ3) is 2.78. The van der Waals surface area contributed by atoms with E-state index in [0.717, 1.165) is 5.69 Å². The molecule has 17 heavy (non-hydrogen) atoms. The van der Waals surface area contributed by atoms with Gasteiger partial charge in [0.25, 0.3) is 0 Å². The van der Waals surface area contributed by atoms with Crippen LogP contribution in [0.5, 0.6) is 0 Å². The molecule has 1 saturated carbocycles. The molecule has 1 aromatic carbocycles. The average Bonchev–Trinajstić information content (AvgIpc) is 2.25. The number of hydrogen-bond acceptors (Lipinski definition) is 2. The van der Waals surface area contributed by atoms with Crippen molar-refractivity contribution < 1.29 is 4.79 Å². The molecule has 0 aliphatic heterocycles. The van der Waals surface area contributed by atoms with Gasteiger partial charge in [0.1, 0.15) is 0 Å². The molecule has 0 atom stereocenters. The van der Waals surface area contributed by atoms with Gasteiger partial charge in [-0.1, -0.05) is 12.5 Å². The number of carbonyl (C=O) groups excluding carboxylic acids is 1. The quantitative estimate of drug-likeness (QED) is 0.811. The molecule has 1 fully saturated rings. The Kier molecular flexibility index (Phi) is 3.67. The topological polar surface area (TPSA) is 46.3 Å². The van der Waals surface area contributed by atoms with Crippen LogP contribution in [0.4, 0.5) is 11.4 Å². The number of hydrogen-bond donors (Lipinski definition) is 1. The largest absolute Gasteiger partial charge is 0.399 e. The lowest BCUT2D eigenvalue weighted by molar-refractivity contribution is -0.120. The van der Waals surface area contributed by atoms with Crippen LogP contribution in [0.3, 0.4) is 0 Å². The number of amides is 1. The van der Waals surface area contributed by atoms with Crippen molar-refractivity contribution in [2.24, 2.45) is 5.92 Å². The number of anilines is 2. The van der Waals surface area contributed by atoms with Gasteiger partial charge < -0.3 is 10.6 Å². The highest BCUT2D eigenvalue weighted by atomic mass is 16.2. The molecule has 2 rings (SSSR count). The van der Waals surface area contributed by atoms with Gasteiger partial charge in [0, 0.05) is 24.3 Å². The second-order valence-corrected chi connectivity index (χ2v) is 4.73. The molecule has 0 bridgehead atoms. The predicted molar refractivity (Wildman–Crippen MR) is 70.8 cm³/mol. The first kappa shape index (κ1) is 12.0. The standard InChI is InChI=1S/C14H20N2O/c1-2-16(13-8-4-7-12(15)10-13)14(17)9-11-5-3-6-11/h4,7-8,10-11H,2-3,5-6,9,15H2,1H3. The van der Waals surface area contributed by atoms with Gasteiger partial charge in [-0.2, -0.15) is 0 Å². The summed E-state index contributed by atoms with van der Waals surface area (Å²) in [5, 5.41) is 0. The van der Waals surface area contributed by atoms with E-state index in [1.807, 2.05) is 36.1 Å². The highest BCUT2D eigenvalue weighted by molar-refractivity contribution is 5.93. The molecule has 0 radical (unpaired) electrons. The molecule has 92 valence electrons. The van der Waals surface area contributed by atoms with Gasteiger partial charge in [0.15, 0.2) is 0 Å². The van der Waals surface area contributed by atoms with Crippen molar-refractivity contribution in [3.63, 3.8) is 0 Å². The van der Waals surface area contributed by atoms with Crippen LogP contribution in [0.25, 0.3) is 0 Å². The SMILES string of the molecule is CCN(C(=O)CC1CCC1)c1cccc(N)c1. The highest BCUT2D eigenvalue weighted by Crippen LogP contribution is 2.30. The van der Waals surface area contributed by atoms with Crippen LogP contribution in [-0.4, -0.2) is 12.5 Å². The van der Waals surface area contributed by atoms with Crippen LogP contribution in [0, 0.1) is 5.92 Å². The molecule has 1 aromatic rings. The zero-order valence-corrected chi connectivity index (χ0v) is 10.4. The minimum absolute atomic E-state index is 0.225. The van der Waals surface area contributed by atoms with Crippen LogP contribution in [0.15, 0.2) is 24.3 Å². The molecule has 2 N–H and O–H groups in total. The monoisotopic (exact) mass is 232 g/mol. The lowest BCUT2D eigenvalue weighted by atomic mass is 9.82. The molecule has 0 saturated heterocycles. The Morgan fingerprint density at radius 3 is 2.76 bits per heavy atom. The summed E-state index contributed by atoms with van der Waals surface area (Å²) in [6.45, 7) is 2.71. The number of nitrogens with zero attached hydrogens (tertiary/aromatic N) is 1. The summed E-state index contributed by atoms with van der Waals surface area (Å²) < 4.78 is 0. The van der Waals surface area contributed by atoms with Crippen molar-refractivity contribution in [1.82, 2.24) is 0 Å². The molecule has 0 spiro atoms. The molecule has 0 heterocycles. The second-order valence-electron chi connectivity index (χ2n) is 4.73. The fraction of sp³-hybridized carbons (Fsp3) is 0.500. The van der Waals surface area contributed by atoms with Gasteiger partial charge in [-0.3, -0.25) is 4.79 Å². The summed E-state index contributed by atoms with van der Waals surface area (Å²) in [6.07, 6.45) is 4.38. The zero-order valence-electron chi connectivity index (χ0n) is 10.4. The van der Waals surface area contributed by atoms with Crippen molar-refractivity contribution in [3.05, 3.63) is 24.3 Å². The van der Waals surface area contributed by atoms with E-state index in [-0.39, 0.29) is 5.91 Å². The van der Waals surface area contributed by atoms with E-state index in [9.17, 15) is 4.79 Å². The molecule has 1 aliphatic carbocycles. The molecule has 3 nitrogen and oxygen atoms in total. The third-order valence-corrected chi connectivity index (χ3v) is 3.49. The van der Waals surface area contributed by atoms with Gasteiger partial charge in [-0.05, 0) is 43.9 Å². The average molecular weight is 232 g/mol. The van der Waals surface area contributed by atoms with Crippen LogP contribution < -0.4 is 10.6 Å². The third-order valence-electron chi connectivity index (χ3n) is 3.49. The Balaban J connectivity index is 2.06. The summed E-state index contributed by atoms with van der Waals surface area (Å²) in [4.78, 5) is 14.0. The van der Waals surface area contributed by atoms with E-state index < -0.39 is 0 Å². The predicted octanol–water partition coefficient (Wildman–Crippen LogP) is 2.81. The van der Waals surface area contributed by atoms with Gasteiger partial charge in [0.05, 0.1) is 0 Å². The van der Waals surface area contributed by atoms with Gasteiger partial charge in [-0.15, -0.1) is 0 Å². The lowest BCUT2D eigenvalue weighted by Crippen LogP contribution is -2.33. The Labute approximate surface area is 103 Å². The Bertz CT molecular complexity index is 399. The molecule has 0 aromatic heterocycles. The van der Waals surface area contributed by atoms with Gasteiger partial charge in [0.2, 0.25) is 5.91 Å². The van der Waals surface area contributed by atoms with Gasteiger partial charge in [-0.25, -0.2) is 0 Å². The van der Waals surface area contributed by atoms with Crippen molar-refractivity contribution >= 4 is 17.3 Å². The van der Waals surface area contributed by atoms with E-state index >= 15 is 0 Å². The summed E-state index contributed by atoms with van der Waals surface area (Å²) in [7, 11) is 0. The van der Waals surface area contributed by atoms with Gasteiger partial charge >= 0.3 is 0 Å². The number of rotatable bonds is 4. The first-order valence-corrected chi connectivity index (χ1v) is 6.36. The maximum Gasteiger partial charge on any atom is 0.227 e. The normalized spacial score (nSPS) is 15.4. The number of benzene rings is 1. The number of nitrogen functional groups attached to an aromatic ring is 1. The van der Waals surface area contributed by atoms with Crippen LogP contribution in [-0.2, 0) is 4.79 Å². The Hall–Kier alpha value is -1.51. The fourth-order valence-electron chi connectivity index (χ4n) is 2.25. The summed E-state index contributed by atoms with van der Waals surface area (Å²) in [6, 6.07) is 7.54. The highest BCUT2D eigenvalue weighted by Gasteiger charge is 2.23. The van der Waals surface area contributed by atoms with Crippen LogP contribution in [0.1, 0.15) is 32.6 Å². The summed E-state index contributed by atoms with van der Waals surface area (Å²) in [5.41, 5.74) is 7.37. The maximum absolute atomic E-state index is 12.2. The van der Waals surface area contributed by atoms with Crippen molar-refractivity contribution in [2.45, 2.75) is 32.6 Å². The minimum atomic E-state index is 0.225. The van der Waals surface area contributed by atoms with E-state index in [2.05, 4.69) is 0 Å². The van der Waals surface area contributed by atoms with Crippen molar-refractivity contribution in [1.29, 1.82) is 0 Å². The van der Waals surface area contributed by atoms with E-state index in [1.54, 1.807) is 0 Å². The van der Waals surface area contributed by atoms with Crippen LogP contribution in [0.2, 0.25) is 0 Å². The van der Waals surface area contributed by atoms with Crippen molar-refractivity contribution in [3.8, 4) is 0 Å². The first-order chi connectivity index (χ1) is 8.20. The lowest BCUT2D eigenvalue weighted by Gasteiger charge is -2.28. The van der Waals surface area contributed by atoms with E-state index in [1.165, 1.54) is 19.3 Å². The summed E-state index contributed by atoms with van der Waals surface area (Å²) in [5.74, 6) is 0.834. The molecular formula is C14H20N2O. The molecule has 1 aliphatic rings. The zero-order chi connectivity index (χ0) is 12.3. The molecule has 0 unspecified atom stereocenters. The van der Waals surface area contributed by atoms with Crippen molar-refractivity contribution in [2.75, 3.05) is 17.2 Å². The molecule has 3 heteroatoms. The second kappa shape index (κ2) is 5.21. The minimum Gasteiger partial charge on any atom is -0.399 e.